The van der Waals surface area contributed by atoms with Crippen molar-refractivity contribution in [1.29, 1.82) is 0 Å². The summed E-state index contributed by atoms with van der Waals surface area (Å²) in [5, 5.41) is 17.6. The minimum absolute atomic E-state index is 0.0974. The van der Waals surface area contributed by atoms with E-state index in [-0.39, 0.29) is 5.75 Å². The van der Waals surface area contributed by atoms with Crippen LogP contribution >= 0.6 is 0 Å². The summed E-state index contributed by atoms with van der Waals surface area (Å²) in [5.74, 6) is 0.403. The summed E-state index contributed by atoms with van der Waals surface area (Å²) in [7, 11) is 1.43. The molecule has 0 spiro atoms. The molecule has 6 heteroatoms. The number of aromatic hydroxyl groups is 1. The highest BCUT2D eigenvalue weighted by molar-refractivity contribution is 6.45. The first-order chi connectivity index (χ1) is 8.33. The fourth-order valence-corrected chi connectivity index (χ4v) is 1.44. The van der Waals surface area contributed by atoms with Gasteiger partial charge in [-0.25, -0.2) is 0 Å². The van der Waals surface area contributed by atoms with Gasteiger partial charge in [-0.2, -0.15) is 0 Å². The molecule has 0 unspecified atom stereocenters. The summed E-state index contributed by atoms with van der Waals surface area (Å²) < 4.78 is 5.37. The molecule has 0 aromatic heterocycles. The highest BCUT2D eigenvalue weighted by Gasteiger charge is 2.19. The van der Waals surface area contributed by atoms with Gasteiger partial charge in [-0.1, -0.05) is 17.3 Å². The van der Waals surface area contributed by atoms with Crippen molar-refractivity contribution >= 4 is 11.6 Å². The summed E-state index contributed by atoms with van der Waals surface area (Å²) in [6.07, 6.45) is 0. The predicted molar refractivity (Wildman–Crippen MR) is 63.0 cm³/mol. The normalized spacial score (nSPS) is 15.6. The Morgan fingerprint density at radius 1 is 1.53 bits per heavy atom. The number of hydrogen-bond donors (Lipinski definition) is 2. The number of hydrogen-bond acceptors (Lipinski definition) is 6. The number of phenolic OH excluding ortho intramolecular Hbond substituents is 1. The Balaban J connectivity index is 2.39. The third-order valence-corrected chi connectivity index (χ3v) is 2.18. The van der Waals surface area contributed by atoms with Crippen molar-refractivity contribution in [3.8, 4) is 5.75 Å². The molecule has 1 heterocycles. The Labute approximate surface area is 98.5 Å². The first kappa shape index (κ1) is 11.3. The lowest BCUT2D eigenvalue weighted by atomic mass is 10.1. The van der Waals surface area contributed by atoms with E-state index in [1.165, 1.54) is 7.11 Å². The molecule has 0 saturated carbocycles. The van der Waals surface area contributed by atoms with Crippen molar-refractivity contribution in [2.75, 3.05) is 20.3 Å². The quantitative estimate of drug-likeness (QED) is 0.596. The van der Waals surface area contributed by atoms with E-state index in [1.807, 2.05) is 0 Å². The Hall–Kier alpha value is -2.24. The van der Waals surface area contributed by atoms with E-state index in [9.17, 15) is 5.11 Å². The monoisotopic (exact) mass is 235 g/mol. The molecule has 0 bridgehead atoms. The smallest absolute Gasteiger partial charge is 0.261 e. The molecule has 0 atom stereocenters. The van der Waals surface area contributed by atoms with Gasteiger partial charge in [0, 0.05) is 0 Å². The second kappa shape index (κ2) is 5.20. The maximum Gasteiger partial charge on any atom is 0.261 e. The van der Waals surface area contributed by atoms with Crippen molar-refractivity contribution in [2.45, 2.75) is 0 Å². The molecule has 0 radical (unpaired) electrons. The van der Waals surface area contributed by atoms with Gasteiger partial charge in [0.2, 0.25) is 0 Å². The molecule has 0 amide bonds. The number of rotatable bonds is 3. The number of nitrogens with one attached hydrogen (secondary N) is 1. The lowest BCUT2D eigenvalue weighted by Gasteiger charge is -2.16. The summed E-state index contributed by atoms with van der Waals surface area (Å²) in [4.78, 5) is 4.75. The largest absolute Gasteiger partial charge is 0.507 e. The van der Waals surface area contributed by atoms with Crippen LogP contribution in [0.2, 0.25) is 0 Å². The Kier molecular flexibility index (Phi) is 3.44. The fourth-order valence-electron chi connectivity index (χ4n) is 1.44. The molecule has 2 rings (SSSR count). The third-order valence-electron chi connectivity index (χ3n) is 2.18. The topological polar surface area (TPSA) is 75.4 Å². The van der Waals surface area contributed by atoms with Gasteiger partial charge >= 0.3 is 0 Å². The maximum absolute atomic E-state index is 9.77. The molecule has 1 aliphatic rings. The van der Waals surface area contributed by atoms with Gasteiger partial charge in [0.15, 0.2) is 5.71 Å². The zero-order valence-electron chi connectivity index (χ0n) is 9.38. The van der Waals surface area contributed by atoms with E-state index in [1.54, 1.807) is 24.3 Å². The van der Waals surface area contributed by atoms with Crippen LogP contribution in [0.1, 0.15) is 5.56 Å². The van der Waals surface area contributed by atoms with Crippen molar-refractivity contribution in [3.05, 3.63) is 29.8 Å². The van der Waals surface area contributed by atoms with Crippen LogP contribution < -0.4 is 5.43 Å². The fraction of sp³-hybridized carbons (Fsp3) is 0.273. The van der Waals surface area contributed by atoms with Crippen molar-refractivity contribution < 1.29 is 14.7 Å². The molecular weight excluding hydrogens is 222 g/mol. The van der Waals surface area contributed by atoms with E-state index >= 15 is 0 Å². The van der Waals surface area contributed by atoms with Gasteiger partial charge in [-0.05, 0) is 12.1 Å². The number of phenols is 1. The zero-order valence-corrected chi connectivity index (χ0v) is 9.38. The number of hydrazone groups is 1. The van der Waals surface area contributed by atoms with Gasteiger partial charge in [-0.3, -0.25) is 0 Å². The lowest BCUT2D eigenvalue weighted by Crippen LogP contribution is -2.31. The van der Waals surface area contributed by atoms with Crippen LogP contribution in [-0.2, 0) is 9.57 Å². The molecule has 0 saturated heterocycles. The average Bonchev–Trinajstić information content (AvgIpc) is 2.38. The summed E-state index contributed by atoms with van der Waals surface area (Å²) in [6.45, 7) is 1.14. The molecular formula is C11H13N3O3. The number of nitrogens with zero attached hydrogens (tertiary/aromatic N) is 2. The zero-order chi connectivity index (χ0) is 12.1. The van der Waals surface area contributed by atoms with Crippen LogP contribution in [0, 0.1) is 0 Å². The minimum Gasteiger partial charge on any atom is -0.507 e. The lowest BCUT2D eigenvalue weighted by molar-refractivity contribution is 0.212. The van der Waals surface area contributed by atoms with Crippen molar-refractivity contribution in [1.82, 2.24) is 5.43 Å². The van der Waals surface area contributed by atoms with Crippen LogP contribution in [0.3, 0.4) is 0 Å². The molecule has 0 fully saturated rings. The minimum atomic E-state index is 0.0974. The maximum atomic E-state index is 9.77. The number of oxime groups is 1. The van der Waals surface area contributed by atoms with Gasteiger partial charge in [0.1, 0.15) is 19.5 Å². The molecule has 17 heavy (non-hydrogen) atoms. The second-order valence-corrected chi connectivity index (χ2v) is 3.31. The van der Waals surface area contributed by atoms with Crippen molar-refractivity contribution in [3.63, 3.8) is 0 Å². The van der Waals surface area contributed by atoms with Crippen LogP contribution in [0.25, 0.3) is 0 Å². The molecule has 90 valence electrons. The predicted octanol–water partition coefficient (Wildman–Crippen LogP) is 0.676. The first-order valence-corrected chi connectivity index (χ1v) is 5.16. The van der Waals surface area contributed by atoms with Crippen LogP contribution in [0.4, 0.5) is 0 Å². The molecule has 0 aliphatic carbocycles. The van der Waals surface area contributed by atoms with E-state index in [0.717, 1.165) is 0 Å². The van der Waals surface area contributed by atoms with Crippen LogP contribution in [0.15, 0.2) is 34.5 Å². The SMILES string of the molecule is CO/N=C(\C1=NNCCO1)c1ccccc1O. The number of ether oxygens (including phenoxy) is 1. The first-order valence-electron chi connectivity index (χ1n) is 5.16. The standard InChI is InChI=1S/C11H13N3O3/c1-16-14-10(11-13-12-6-7-17-11)8-4-2-3-5-9(8)15/h2-5,12,15H,6-7H2,1H3/b14-10-. The number of benzene rings is 1. The summed E-state index contributed by atoms with van der Waals surface area (Å²) in [5.41, 5.74) is 3.68. The van der Waals surface area contributed by atoms with E-state index in [2.05, 4.69) is 15.7 Å². The number of para-hydroxylation sites is 1. The molecule has 2 N–H and O–H groups in total. The van der Waals surface area contributed by atoms with Crippen LogP contribution in [0.5, 0.6) is 5.75 Å². The summed E-state index contributed by atoms with van der Waals surface area (Å²) in [6, 6.07) is 6.80. The van der Waals surface area contributed by atoms with Crippen molar-refractivity contribution in [2.24, 2.45) is 10.3 Å². The molecule has 6 nitrogen and oxygen atoms in total. The second-order valence-electron chi connectivity index (χ2n) is 3.31. The molecule has 1 aromatic rings. The third kappa shape index (κ3) is 2.47. The highest BCUT2D eigenvalue weighted by atomic mass is 16.6. The summed E-state index contributed by atoms with van der Waals surface area (Å²) >= 11 is 0. The van der Waals surface area contributed by atoms with E-state index < -0.39 is 0 Å². The van der Waals surface area contributed by atoms with Gasteiger partial charge in [-0.15, -0.1) is 5.10 Å². The van der Waals surface area contributed by atoms with E-state index in [4.69, 9.17) is 9.57 Å². The Morgan fingerprint density at radius 2 is 2.35 bits per heavy atom. The van der Waals surface area contributed by atoms with E-state index in [0.29, 0.717) is 30.3 Å². The molecule has 1 aromatic carbocycles. The Bertz CT molecular complexity index is 457. The molecule has 1 aliphatic heterocycles. The van der Waals surface area contributed by atoms with Gasteiger partial charge < -0.3 is 20.1 Å². The Morgan fingerprint density at radius 3 is 3.00 bits per heavy atom. The van der Waals surface area contributed by atoms with Gasteiger partial charge in [0.25, 0.3) is 5.90 Å². The van der Waals surface area contributed by atoms with Crippen LogP contribution in [-0.4, -0.2) is 37.0 Å². The van der Waals surface area contributed by atoms with Gasteiger partial charge in [0.05, 0.1) is 12.1 Å². The average molecular weight is 235 g/mol. The highest BCUT2D eigenvalue weighted by Crippen LogP contribution is 2.18.